The lowest BCUT2D eigenvalue weighted by atomic mass is 9.84. The van der Waals surface area contributed by atoms with Crippen LogP contribution in [0.25, 0.3) is 0 Å². The molecular weight excluding hydrogens is 298 g/mol. The van der Waals surface area contributed by atoms with Crippen LogP contribution in [0.3, 0.4) is 0 Å². The molecule has 1 aliphatic heterocycles. The van der Waals surface area contributed by atoms with Gasteiger partial charge >= 0.3 is 5.97 Å². The Hall–Kier alpha value is -2.13. The number of carbonyl (C=O) groups excluding carboxylic acids is 1. The Bertz CT molecular complexity index is 658. The molecule has 3 heteroatoms. The van der Waals surface area contributed by atoms with Crippen LogP contribution in [0.15, 0.2) is 54.6 Å². The van der Waals surface area contributed by atoms with Crippen LogP contribution in [0.1, 0.15) is 47.7 Å². The van der Waals surface area contributed by atoms with Crippen LogP contribution in [0.5, 0.6) is 0 Å². The summed E-state index contributed by atoms with van der Waals surface area (Å²) >= 11 is 0. The SMILES string of the molecule is CCCc1ccc(C(=O)OC2(c3ccccc3)CCNCC2)cc1. The molecule has 0 aliphatic carbocycles. The van der Waals surface area contributed by atoms with Gasteiger partial charge in [0.25, 0.3) is 0 Å². The van der Waals surface area contributed by atoms with Gasteiger partial charge in [-0.2, -0.15) is 0 Å². The van der Waals surface area contributed by atoms with E-state index in [0.717, 1.165) is 44.3 Å². The Labute approximate surface area is 144 Å². The van der Waals surface area contributed by atoms with E-state index in [1.165, 1.54) is 5.56 Å². The van der Waals surface area contributed by atoms with Crippen molar-refractivity contribution in [3.8, 4) is 0 Å². The van der Waals surface area contributed by atoms with E-state index in [1.54, 1.807) is 0 Å². The van der Waals surface area contributed by atoms with Gasteiger partial charge in [-0.15, -0.1) is 0 Å². The zero-order valence-corrected chi connectivity index (χ0v) is 14.3. The summed E-state index contributed by atoms with van der Waals surface area (Å²) in [6.45, 7) is 3.87. The first-order valence-corrected chi connectivity index (χ1v) is 8.82. The molecule has 1 fully saturated rings. The summed E-state index contributed by atoms with van der Waals surface area (Å²) in [6.07, 6.45) is 3.75. The Morgan fingerprint density at radius 3 is 2.33 bits per heavy atom. The fraction of sp³-hybridized carbons (Fsp3) is 0.381. The molecule has 3 nitrogen and oxygen atoms in total. The number of benzene rings is 2. The van der Waals surface area contributed by atoms with Crippen molar-refractivity contribution in [2.75, 3.05) is 13.1 Å². The summed E-state index contributed by atoms with van der Waals surface area (Å²) in [7, 11) is 0. The van der Waals surface area contributed by atoms with Crippen molar-refractivity contribution >= 4 is 5.97 Å². The predicted molar refractivity (Wildman–Crippen MR) is 96.1 cm³/mol. The standard InChI is InChI=1S/C21H25NO2/c1-2-6-17-9-11-18(12-10-17)20(23)24-21(13-15-22-16-14-21)19-7-4-3-5-8-19/h3-5,7-12,22H,2,6,13-16H2,1H3. The van der Waals surface area contributed by atoms with Crippen LogP contribution in [0, 0.1) is 0 Å². The molecule has 1 saturated heterocycles. The molecule has 2 aromatic carbocycles. The van der Waals surface area contributed by atoms with Crippen LogP contribution in [-0.2, 0) is 16.8 Å². The summed E-state index contributed by atoms with van der Waals surface area (Å²) in [6, 6.07) is 17.9. The van der Waals surface area contributed by atoms with Crippen molar-refractivity contribution in [1.29, 1.82) is 0 Å². The minimum absolute atomic E-state index is 0.233. The highest BCUT2D eigenvalue weighted by Gasteiger charge is 2.37. The van der Waals surface area contributed by atoms with Crippen LogP contribution in [-0.4, -0.2) is 19.1 Å². The van der Waals surface area contributed by atoms with Gasteiger partial charge in [-0.3, -0.25) is 0 Å². The van der Waals surface area contributed by atoms with Gasteiger partial charge in [0, 0.05) is 12.8 Å². The fourth-order valence-corrected chi connectivity index (χ4v) is 3.35. The van der Waals surface area contributed by atoms with E-state index in [4.69, 9.17) is 4.74 Å². The molecule has 3 rings (SSSR count). The zero-order chi connectivity index (χ0) is 16.8. The third kappa shape index (κ3) is 3.68. The van der Waals surface area contributed by atoms with Gasteiger partial charge in [0.2, 0.25) is 0 Å². The van der Waals surface area contributed by atoms with Gasteiger partial charge < -0.3 is 10.1 Å². The van der Waals surface area contributed by atoms with Crippen molar-refractivity contribution in [3.63, 3.8) is 0 Å². The normalized spacial score (nSPS) is 16.5. The smallest absolute Gasteiger partial charge is 0.339 e. The number of nitrogens with one attached hydrogen (secondary N) is 1. The lowest BCUT2D eigenvalue weighted by Crippen LogP contribution is -2.43. The average molecular weight is 323 g/mol. The predicted octanol–water partition coefficient (Wildman–Crippen LogP) is 4.07. The maximum atomic E-state index is 12.7. The molecule has 0 bridgehead atoms. The number of esters is 1. The lowest BCUT2D eigenvalue weighted by molar-refractivity contribution is -0.0378. The van der Waals surface area contributed by atoms with Crippen molar-refractivity contribution in [3.05, 3.63) is 71.3 Å². The van der Waals surface area contributed by atoms with E-state index in [9.17, 15) is 4.79 Å². The first-order valence-electron chi connectivity index (χ1n) is 8.82. The second kappa shape index (κ2) is 7.63. The van der Waals surface area contributed by atoms with Crippen molar-refractivity contribution in [2.45, 2.75) is 38.2 Å². The van der Waals surface area contributed by atoms with E-state index in [0.29, 0.717) is 5.56 Å². The molecule has 0 spiro atoms. The van der Waals surface area contributed by atoms with Gasteiger partial charge in [0.1, 0.15) is 5.60 Å². The number of hydrogen-bond donors (Lipinski definition) is 1. The van der Waals surface area contributed by atoms with Crippen LogP contribution in [0.2, 0.25) is 0 Å². The second-order valence-electron chi connectivity index (χ2n) is 6.45. The van der Waals surface area contributed by atoms with E-state index >= 15 is 0 Å². The lowest BCUT2D eigenvalue weighted by Gasteiger charge is -2.37. The number of ether oxygens (including phenoxy) is 1. The summed E-state index contributed by atoms with van der Waals surface area (Å²) < 4.78 is 6.07. The summed E-state index contributed by atoms with van der Waals surface area (Å²) in [5.74, 6) is -0.233. The molecule has 0 atom stereocenters. The first-order chi connectivity index (χ1) is 11.7. The summed E-state index contributed by atoms with van der Waals surface area (Å²) in [4.78, 5) is 12.7. The molecule has 24 heavy (non-hydrogen) atoms. The van der Waals surface area contributed by atoms with Crippen LogP contribution >= 0.6 is 0 Å². The molecule has 0 aromatic heterocycles. The monoisotopic (exact) mass is 323 g/mol. The number of rotatable bonds is 5. The molecule has 0 amide bonds. The molecule has 1 aliphatic rings. The first kappa shape index (κ1) is 16.7. The van der Waals surface area contributed by atoms with Crippen molar-refractivity contribution in [2.24, 2.45) is 0 Å². The maximum absolute atomic E-state index is 12.7. The van der Waals surface area contributed by atoms with E-state index in [-0.39, 0.29) is 5.97 Å². The Morgan fingerprint density at radius 2 is 1.71 bits per heavy atom. The van der Waals surface area contributed by atoms with Gasteiger partial charge in [0.05, 0.1) is 5.56 Å². The topological polar surface area (TPSA) is 38.3 Å². The Balaban J connectivity index is 1.81. The maximum Gasteiger partial charge on any atom is 0.339 e. The van der Waals surface area contributed by atoms with Gasteiger partial charge in [0.15, 0.2) is 0 Å². The average Bonchev–Trinajstić information content (AvgIpc) is 2.64. The summed E-state index contributed by atoms with van der Waals surface area (Å²) in [5.41, 5.74) is 2.45. The summed E-state index contributed by atoms with van der Waals surface area (Å²) in [5, 5.41) is 3.35. The van der Waals surface area contributed by atoms with Gasteiger partial charge in [-0.1, -0.05) is 55.8 Å². The number of piperidine rings is 1. The minimum Gasteiger partial charge on any atom is -0.450 e. The largest absolute Gasteiger partial charge is 0.450 e. The molecule has 126 valence electrons. The highest BCUT2D eigenvalue weighted by molar-refractivity contribution is 5.89. The number of carbonyl (C=O) groups is 1. The Morgan fingerprint density at radius 1 is 1.04 bits per heavy atom. The van der Waals surface area contributed by atoms with E-state index < -0.39 is 5.60 Å². The quantitative estimate of drug-likeness (QED) is 0.843. The molecule has 0 unspecified atom stereocenters. The van der Waals surface area contributed by atoms with Gasteiger partial charge in [-0.05, 0) is 42.8 Å². The Kier molecular flexibility index (Phi) is 5.31. The van der Waals surface area contributed by atoms with E-state index in [1.807, 2.05) is 42.5 Å². The minimum atomic E-state index is -0.522. The fourth-order valence-electron chi connectivity index (χ4n) is 3.35. The zero-order valence-electron chi connectivity index (χ0n) is 14.3. The second-order valence-corrected chi connectivity index (χ2v) is 6.45. The van der Waals surface area contributed by atoms with Gasteiger partial charge in [-0.25, -0.2) is 4.79 Å². The molecule has 1 N–H and O–H groups in total. The number of aryl methyl sites for hydroxylation is 1. The highest BCUT2D eigenvalue weighted by Crippen LogP contribution is 2.35. The molecular formula is C21H25NO2. The molecule has 0 radical (unpaired) electrons. The molecule has 1 heterocycles. The van der Waals surface area contributed by atoms with Crippen molar-refractivity contribution < 1.29 is 9.53 Å². The highest BCUT2D eigenvalue weighted by atomic mass is 16.6. The van der Waals surface area contributed by atoms with Crippen LogP contribution < -0.4 is 5.32 Å². The molecule has 0 saturated carbocycles. The van der Waals surface area contributed by atoms with Crippen LogP contribution in [0.4, 0.5) is 0 Å². The van der Waals surface area contributed by atoms with Crippen molar-refractivity contribution in [1.82, 2.24) is 5.32 Å². The third-order valence-electron chi connectivity index (χ3n) is 4.73. The third-order valence-corrected chi connectivity index (χ3v) is 4.73. The van der Waals surface area contributed by atoms with E-state index in [2.05, 4.69) is 24.4 Å². The molecule has 2 aromatic rings. The number of hydrogen-bond acceptors (Lipinski definition) is 3.